The van der Waals surface area contributed by atoms with Crippen LogP contribution in [0.15, 0.2) is 24.3 Å². The number of nitrogens with zero attached hydrogens (tertiary/aromatic N) is 1. The summed E-state index contributed by atoms with van der Waals surface area (Å²) < 4.78 is 17.5. The number of carbonyl (C=O) groups is 1. The van der Waals surface area contributed by atoms with Gasteiger partial charge in [0.15, 0.2) is 11.5 Å². The van der Waals surface area contributed by atoms with Crippen molar-refractivity contribution in [2.24, 2.45) is 5.92 Å². The molecule has 2 aliphatic carbocycles. The molecule has 1 N–H and O–H groups in total. The van der Waals surface area contributed by atoms with Gasteiger partial charge in [-0.3, -0.25) is 0 Å². The maximum atomic E-state index is 12.5. The van der Waals surface area contributed by atoms with Crippen molar-refractivity contribution in [1.82, 2.24) is 4.90 Å². The third-order valence-corrected chi connectivity index (χ3v) is 6.43. The Morgan fingerprint density at radius 3 is 2.83 bits per heavy atom. The van der Waals surface area contributed by atoms with Crippen LogP contribution in [0, 0.1) is 5.92 Å². The standard InChI is InChI=1S/C23H31NO5/c1-22(2,3)29-21(26)24(4)12-11-23-15-7-6-8-18(23)28-20-17(27-5)10-9-14(19(20)23)13-16(15)25/h6-7,9-10,15-16,18,25H,8,11-13H2,1-5H3/t15-,16+,18-,23+/m0/s1. The molecule has 4 atom stereocenters. The van der Waals surface area contributed by atoms with E-state index in [-0.39, 0.29) is 23.5 Å². The van der Waals surface area contributed by atoms with Crippen molar-refractivity contribution in [1.29, 1.82) is 0 Å². The number of carbonyl (C=O) groups excluding carboxylic acids is 1. The van der Waals surface area contributed by atoms with Crippen molar-refractivity contribution in [3.63, 3.8) is 0 Å². The first-order valence-corrected chi connectivity index (χ1v) is 10.3. The molecule has 1 heterocycles. The van der Waals surface area contributed by atoms with Gasteiger partial charge in [-0.1, -0.05) is 18.2 Å². The summed E-state index contributed by atoms with van der Waals surface area (Å²) in [6.45, 7) is 6.11. The molecule has 1 aromatic rings. The SMILES string of the molecule is COc1ccc2c3c1O[C@H]1CC=C[C@@H]([C@H](O)C2)[C@@]31CCN(C)C(=O)OC(C)(C)C. The Labute approximate surface area is 172 Å². The molecule has 158 valence electrons. The molecule has 1 aliphatic heterocycles. The molecule has 0 spiro atoms. The van der Waals surface area contributed by atoms with Crippen LogP contribution in [-0.4, -0.2) is 54.6 Å². The number of ether oxygens (including phenoxy) is 3. The van der Waals surface area contributed by atoms with Crippen LogP contribution in [0.5, 0.6) is 11.5 Å². The molecule has 6 nitrogen and oxygen atoms in total. The van der Waals surface area contributed by atoms with Crippen molar-refractivity contribution in [3.05, 3.63) is 35.4 Å². The molecule has 0 fully saturated rings. The lowest BCUT2D eigenvalue weighted by Gasteiger charge is -2.48. The summed E-state index contributed by atoms with van der Waals surface area (Å²) in [5.74, 6) is 1.48. The van der Waals surface area contributed by atoms with Gasteiger partial charge >= 0.3 is 6.09 Å². The van der Waals surface area contributed by atoms with Crippen LogP contribution in [0.3, 0.4) is 0 Å². The van der Waals surface area contributed by atoms with Gasteiger partial charge in [0.1, 0.15) is 11.7 Å². The highest BCUT2D eigenvalue weighted by molar-refractivity contribution is 5.68. The number of benzene rings is 1. The van der Waals surface area contributed by atoms with Gasteiger partial charge < -0.3 is 24.2 Å². The number of methoxy groups -OCH3 is 1. The monoisotopic (exact) mass is 401 g/mol. The molecular formula is C23H31NO5. The molecule has 3 aliphatic rings. The first-order chi connectivity index (χ1) is 13.7. The first-order valence-electron chi connectivity index (χ1n) is 10.3. The summed E-state index contributed by atoms with van der Waals surface area (Å²) in [6, 6.07) is 3.97. The zero-order valence-corrected chi connectivity index (χ0v) is 17.9. The molecule has 0 radical (unpaired) electrons. The van der Waals surface area contributed by atoms with Crippen molar-refractivity contribution in [2.75, 3.05) is 20.7 Å². The van der Waals surface area contributed by atoms with E-state index in [2.05, 4.69) is 12.2 Å². The molecule has 1 amide bonds. The number of aliphatic hydroxyl groups excluding tert-OH is 1. The number of rotatable bonds is 4. The fourth-order valence-corrected chi connectivity index (χ4v) is 5.19. The smallest absolute Gasteiger partial charge is 0.410 e. The lowest BCUT2D eigenvalue weighted by atomic mass is 9.56. The molecule has 29 heavy (non-hydrogen) atoms. The van der Waals surface area contributed by atoms with E-state index < -0.39 is 11.7 Å². The average molecular weight is 402 g/mol. The first kappa shape index (κ1) is 20.1. The van der Waals surface area contributed by atoms with Gasteiger partial charge in [-0.2, -0.15) is 0 Å². The average Bonchev–Trinajstić information content (AvgIpc) is 3.00. The van der Waals surface area contributed by atoms with Crippen LogP contribution in [0.4, 0.5) is 4.79 Å². The molecular weight excluding hydrogens is 370 g/mol. The number of hydrogen-bond donors (Lipinski definition) is 1. The molecule has 0 saturated carbocycles. The van der Waals surface area contributed by atoms with Gasteiger partial charge in [-0.15, -0.1) is 0 Å². The fraction of sp³-hybridized carbons (Fsp3) is 0.609. The second-order valence-corrected chi connectivity index (χ2v) is 9.39. The minimum Gasteiger partial charge on any atom is -0.493 e. The molecule has 1 aromatic carbocycles. The van der Waals surface area contributed by atoms with Gasteiger partial charge in [-0.25, -0.2) is 4.79 Å². The zero-order chi connectivity index (χ0) is 21.0. The summed E-state index contributed by atoms with van der Waals surface area (Å²) >= 11 is 0. The summed E-state index contributed by atoms with van der Waals surface area (Å²) in [5.41, 5.74) is 1.36. The Morgan fingerprint density at radius 1 is 1.38 bits per heavy atom. The van der Waals surface area contributed by atoms with E-state index in [0.717, 1.165) is 29.0 Å². The van der Waals surface area contributed by atoms with Crippen LogP contribution >= 0.6 is 0 Å². The minimum atomic E-state index is -0.534. The Bertz CT molecular complexity index is 842. The van der Waals surface area contributed by atoms with Gasteiger partial charge in [0.2, 0.25) is 0 Å². The largest absolute Gasteiger partial charge is 0.493 e. The second kappa shape index (κ2) is 6.94. The molecule has 0 bridgehead atoms. The van der Waals surface area contributed by atoms with Gasteiger partial charge in [-0.05, 0) is 45.2 Å². The Hall–Kier alpha value is -2.21. The molecule has 0 aromatic heterocycles. The van der Waals surface area contributed by atoms with Crippen molar-refractivity contribution >= 4 is 6.09 Å². The maximum Gasteiger partial charge on any atom is 0.410 e. The maximum absolute atomic E-state index is 12.5. The van der Waals surface area contributed by atoms with Crippen molar-refractivity contribution in [2.45, 2.75) is 63.3 Å². The van der Waals surface area contributed by atoms with E-state index in [1.807, 2.05) is 32.9 Å². The number of aliphatic hydroxyl groups is 1. The lowest BCUT2D eigenvalue weighted by Crippen LogP contribution is -2.54. The summed E-state index contributed by atoms with van der Waals surface area (Å²) in [4.78, 5) is 14.1. The third-order valence-electron chi connectivity index (χ3n) is 6.43. The molecule has 4 rings (SSSR count). The third kappa shape index (κ3) is 3.18. The van der Waals surface area contributed by atoms with E-state index in [4.69, 9.17) is 14.2 Å². The van der Waals surface area contributed by atoms with Crippen molar-refractivity contribution in [3.8, 4) is 11.5 Å². The van der Waals surface area contributed by atoms with E-state index in [9.17, 15) is 9.90 Å². The fourth-order valence-electron chi connectivity index (χ4n) is 5.19. The van der Waals surface area contributed by atoms with E-state index in [0.29, 0.717) is 19.4 Å². The van der Waals surface area contributed by atoms with Crippen LogP contribution in [-0.2, 0) is 16.6 Å². The molecule has 0 unspecified atom stereocenters. The van der Waals surface area contributed by atoms with Gasteiger partial charge in [0.05, 0.1) is 13.2 Å². The summed E-state index contributed by atoms with van der Waals surface area (Å²) in [5, 5.41) is 11.0. The van der Waals surface area contributed by atoms with Crippen LogP contribution < -0.4 is 9.47 Å². The van der Waals surface area contributed by atoms with E-state index in [1.165, 1.54) is 0 Å². The van der Waals surface area contributed by atoms with E-state index >= 15 is 0 Å². The quantitative estimate of drug-likeness (QED) is 0.783. The predicted octanol–water partition coefficient (Wildman–Crippen LogP) is 3.44. The number of amides is 1. The van der Waals surface area contributed by atoms with Gasteiger partial charge in [0.25, 0.3) is 0 Å². The summed E-state index contributed by atoms with van der Waals surface area (Å²) in [7, 11) is 3.42. The normalized spacial score (nSPS) is 29.1. The second-order valence-electron chi connectivity index (χ2n) is 9.39. The van der Waals surface area contributed by atoms with Crippen LogP contribution in [0.1, 0.15) is 44.7 Å². The van der Waals surface area contributed by atoms with Gasteiger partial charge in [0, 0.05) is 36.9 Å². The lowest BCUT2D eigenvalue weighted by molar-refractivity contribution is 0.00572. The van der Waals surface area contributed by atoms with E-state index in [1.54, 1.807) is 19.1 Å². The van der Waals surface area contributed by atoms with Crippen molar-refractivity contribution < 1.29 is 24.1 Å². The highest BCUT2D eigenvalue weighted by atomic mass is 16.6. The van der Waals surface area contributed by atoms with Crippen LogP contribution in [0.25, 0.3) is 0 Å². The highest BCUT2D eigenvalue weighted by Gasteiger charge is 2.59. The highest BCUT2D eigenvalue weighted by Crippen LogP contribution is 2.60. The molecule has 0 saturated heterocycles. The zero-order valence-electron chi connectivity index (χ0n) is 17.9. The predicted molar refractivity (Wildman–Crippen MR) is 110 cm³/mol. The number of hydrogen-bond acceptors (Lipinski definition) is 5. The Kier molecular flexibility index (Phi) is 4.80. The summed E-state index contributed by atoms with van der Waals surface area (Å²) in [6.07, 6.45) is 5.41. The Balaban J connectivity index is 1.69. The molecule has 6 heteroatoms. The van der Waals surface area contributed by atoms with Crippen LogP contribution in [0.2, 0.25) is 0 Å². The minimum absolute atomic E-state index is 0.0471. The topological polar surface area (TPSA) is 68.2 Å². The Morgan fingerprint density at radius 2 is 2.14 bits per heavy atom.